The standard InChI is InChI=1S/C14H20ClN3/c1-9(2)14-16-12(15)6-13(17-14)18-7-10-4-3-5-11(10)8-18/h6,9-11H,3-5,7-8H2,1-2H3. The molecule has 0 N–H and O–H groups in total. The van der Waals surface area contributed by atoms with Crippen LogP contribution in [-0.2, 0) is 0 Å². The van der Waals surface area contributed by atoms with Crippen LogP contribution in [0.1, 0.15) is 44.9 Å². The largest absolute Gasteiger partial charge is 0.356 e. The van der Waals surface area contributed by atoms with Crippen LogP contribution in [0.25, 0.3) is 0 Å². The fourth-order valence-electron chi connectivity index (χ4n) is 3.27. The maximum Gasteiger partial charge on any atom is 0.135 e. The Hall–Kier alpha value is -0.830. The van der Waals surface area contributed by atoms with Crippen LogP contribution in [0.15, 0.2) is 6.07 Å². The highest BCUT2D eigenvalue weighted by Gasteiger charge is 2.36. The van der Waals surface area contributed by atoms with Crippen LogP contribution >= 0.6 is 11.6 Å². The Bertz CT molecular complexity index is 435. The van der Waals surface area contributed by atoms with Gasteiger partial charge in [0, 0.05) is 25.1 Å². The molecular weight excluding hydrogens is 246 g/mol. The van der Waals surface area contributed by atoms with E-state index in [0.29, 0.717) is 11.1 Å². The minimum absolute atomic E-state index is 0.324. The lowest BCUT2D eigenvalue weighted by molar-refractivity contribution is 0.494. The molecule has 1 aromatic heterocycles. The van der Waals surface area contributed by atoms with Crippen molar-refractivity contribution < 1.29 is 0 Å². The van der Waals surface area contributed by atoms with Gasteiger partial charge < -0.3 is 4.90 Å². The molecule has 1 aliphatic heterocycles. The van der Waals surface area contributed by atoms with Crippen LogP contribution in [0.2, 0.25) is 5.15 Å². The Morgan fingerprint density at radius 3 is 2.50 bits per heavy atom. The van der Waals surface area contributed by atoms with E-state index in [2.05, 4.69) is 28.7 Å². The first-order chi connectivity index (χ1) is 8.63. The summed E-state index contributed by atoms with van der Waals surface area (Å²) in [7, 11) is 0. The molecule has 3 nitrogen and oxygen atoms in total. The van der Waals surface area contributed by atoms with E-state index in [4.69, 9.17) is 11.6 Å². The molecule has 18 heavy (non-hydrogen) atoms. The second-order valence-corrected chi connectivity index (χ2v) is 6.31. The van der Waals surface area contributed by atoms with Gasteiger partial charge in [-0.3, -0.25) is 0 Å². The molecular formula is C14H20ClN3. The van der Waals surface area contributed by atoms with Crippen molar-refractivity contribution in [2.75, 3.05) is 18.0 Å². The maximum atomic E-state index is 6.12. The second-order valence-electron chi connectivity index (χ2n) is 5.92. The van der Waals surface area contributed by atoms with Gasteiger partial charge in [0.25, 0.3) is 0 Å². The monoisotopic (exact) mass is 265 g/mol. The predicted octanol–water partition coefficient (Wildman–Crippen LogP) is 3.49. The molecule has 2 atom stereocenters. The van der Waals surface area contributed by atoms with Gasteiger partial charge in [0.2, 0.25) is 0 Å². The first-order valence-electron chi connectivity index (χ1n) is 6.93. The number of halogens is 1. The third-order valence-corrected chi connectivity index (χ3v) is 4.46. The first-order valence-corrected chi connectivity index (χ1v) is 7.30. The summed E-state index contributed by atoms with van der Waals surface area (Å²) < 4.78 is 0. The van der Waals surface area contributed by atoms with Crippen molar-refractivity contribution in [3.05, 3.63) is 17.0 Å². The van der Waals surface area contributed by atoms with Crippen LogP contribution in [0.3, 0.4) is 0 Å². The van der Waals surface area contributed by atoms with Crippen molar-refractivity contribution in [2.24, 2.45) is 11.8 Å². The summed E-state index contributed by atoms with van der Waals surface area (Å²) in [6, 6.07) is 1.91. The Balaban J connectivity index is 1.84. The fourth-order valence-corrected chi connectivity index (χ4v) is 3.45. The zero-order valence-electron chi connectivity index (χ0n) is 11.1. The van der Waals surface area contributed by atoms with Gasteiger partial charge in [-0.1, -0.05) is 31.9 Å². The SMILES string of the molecule is CC(C)c1nc(Cl)cc(N2CC3CCCC3C2)n1. The number of anilines is 1. The smallest absolute Gasteiger partial charge is 0.135 e. The maximum absolute atomic E-state index is 6.12. The molecule has 1 aromatic rings. The van der Waals surface area contributed by atoms with Crippen LogP contribution in [0.5, 0.6) is 0 Å². The molecule has 1 aliphatic carbocycles. The predicted molar refractivity (Wildman–Crippen MR) is 74.2 cm³/mol. The van der Waals surface area contributed by atoms with E-state index < -0.39 is 0 Å². The van der Waals surface area contributed by atoms with Gasteiger partial charge in [-0.25, -0.2) is 9.97 Å². The van der Waals surface area contributed by atoms with Crippen LogP contribution in [-0.4, -0.2) is 23.1 Å². The van der Waals surface area contributed by atoms with Crippen molar-refractivity contribution in [3.63, 3.8) is 0 Å². The Labute approximate surface area is 114 Å². The third-order valence-electron chi connectivity index (χ3n) is 4.27. The van der Waals surface area contributed by atoms with Crippen molar-refractivity contribution in [3.8, 4) is 0 Å². The Morgan fingerprint density at radius 1 is 1.22 bits per heavy atom. The van der Waals surface area contributed by atoms with Crippen molar-refractivity contribution in [1.82, 2.24) is 9.97 Å². The summed E-state index contributed by atoms with van der Waals surface area (Å²) in [5.41, 5.74) is 0. The summed E-state index contributed by atoms with van der Waals surface area (Å²) in [5, 5.41) is 0.570. The number of hydrogen-bond acceptors (Lipinski definition) is 3. The van der Waals surface area contributed by atoms with Crippen LogP contribution < -0.4 is 4.90 Å². The molecule has 0 amide bonds. The van der Waals surface area contributed by atoms with Gasteiger partial charge in [0.15, 0.2) is 0 Å². The second kappa shape index (κ2) is 4.69. The summed E-state index contributed by atoms with van der Waals surface area (Å²) in [6.45, 7) is 6.51. The molecule has 1 saturated carbocycles. The number of fused-ring (bicyclic) bond motifs is 1. The lowest BCUT2D eigenvalue weighted by Gasteiger charge is -2.19. The van der Waals surface area contributed by atoms with E-state index in [9.17, 15) is 0 Å². The fraction of sp³-hybridized carbons (Fsp3) is 0.714. The molecule has 0 bridgehead atoms. The van der Waals surface area contributed by atoms with Crippen LogP contribution in [0, 0.1) is 11.8 Å². The third kappa shape index (κ3) is 2.20. The Kier molecular flexibility index (Phi) is 3.18. The normalized spacial score (nSPS) is 27.0. The van der Waals surface area contributed by atoms with Gasteiger partial charge in [0.1, 0.15) is 16.8 Å². The molecule has 2 heterocycles. The zero-order valence-corrected chi connectivity index (χ0v) is 11.8. The van der Waals surface area contributed by atoms with E-state index >= 15 is 0 Å². The average Bonchev–Trinajstić information content (AvgIpc) is 2.87. The molecule has 4 heteroatoms. The van der Waals surface area contributed by atoms with Crippen molar-refractivity contribution in [2.45, 2.75) is 39.0 Å². The van der Waals surface area contributed by atoms with Gasteiger partial charge >= 0.3 is 0 Å². The lowest BCUT2D eigenvalue weighted by Crippen LogP contribution is -2.22. The topological polar surface area (TPSA) is 29.0 Å². The number of rotatable bonds is 2. The van der Waals surface area contributed by atoms with E-state index in [0.717, 1.165) is 36.6 Å². The average molecular weight is 266 g/mol. The summed E-state index contributed by atoms with van der Waals surface area (Å²) >= 11 is 6.12. The lowest BCUT2D eigenvalue weighted by atomic mass is 10.0. The van der Waals surface area contributed by atoms with E-state index in [-0.39, 0.29) is 0 Å². The van der Waals surface area contributed by atoms with Gasteiger partial charge in [0.05, 0.1) is 0 Å². The van der Waals surface area contributed by atoms with Crippen molar-refractivity contribution in [1.29, 1.82) is 0 Å². The molecule has 3 rings (SSSR count). The highest BCUT2D eigenvalue weighted by Crippen LogP contribution is 2.39. The number of hydrogen-bond donors (Lipinski definition) is 0. The summed E-state index contributed by atoms with van der Waals surface area (Å²) in [4.78, 5) is 11.4. The van der Waals surface area contributed by atoms with Crippen molar-refractivity contribution >= 4 is 17.4 Å². The molecule has 0 spiro atoms. The minimum atomic E-state index is 0.324. The molecule has 0 radical (unpaired) electrons. The van der Waals surface area contributed by atoms with E-state index in [1.807, 2.05) is 6.07 Å². The number of aromatic nitrogens is 2. The van der Waals surface area contributed by atoms with Gasteiger partial charge in [-0.05, 0) is 24.7 Å². The summed E-state index contributed by atoms with van der Waals surface area (Å²) in [6.07, 6.45) is 4.18. The van der Waals surface area contributed by atoms with E-state index in [1.54, 1.807) is 0 Å². The molecule has 2 aliphatic rings. The first kappa shape index (κ1) is 12.2. The number of nitrogens with zero attached hydrogens (tertiary/aromatic N) is 3. The zero-order chi connectivity index (χ0) is 12.7. The highest BCUT2D eigenvalue weighted by molar-refractivity contribution is 6.29. The van der Waals surface area contributed by atoms with Gasteiger partial charge in [-0.15, -0.1) is 0 Å². The minimum Gasteiger partial charge on any atom is -0.356 e. The molecule has 98 valence electrons. The van der Waals surface area contributed by atoms with E-state index in [1.165, 1.54) is 19.3 Å². The van der Waals surface area contributed by atoms with Crippen LogP contribution in [0.4, 0.5) is 5.82 Å². The highest BCUT2D eigenvalue weighted by atomic mass is 35.5. The Morgan fingerprint density at radius 2 is 1.89 bits per heavy atom. The quantitative estimate of drug-likeness (QED) is 0.767. The molecule has 0 aromatic carbocycles. The molecule has 2 fully saturated rings. The summed E-state index contributed by atoms with van der Waals surface area (Å²) in [5.74, 6) is 3.95. The molecule has 1 saturated heterocycles. The molecule has 2 unspecified atom stereocenters. The van der Waals surface area contributed by atoms with Gasteiger partial charge in [-0.2, -0.15) is 0 Å².